The zero-order valence-corrected chi connectivity index (χ0v) is 12.3. The van der Waals surface area contributed by atoms with Crippen molar-refractivity contribution in [2.75, 3.05) is 20.3 Å². The molecule has 5 nitrogen and oxygen atoms in total. The lowest BCUT2D eigenvalue weighted by Gasteiger charge is -2.12. The van der Waals surface area contributed by atoms with Crippen LogP contribution in [0.25, 0.3) is 0 Å². The number of hydrogen-bond acceptors (Lipinski definition) is 4. The second kappa shape index (κ2) is 5.56. The number of nitrogens with one attached hydrogen (secondary N) is 1. The van der Waals surface area contributed by atoms with Gasteiger partial charge >= 0.3 is 0 Å². The summed E-state index contributed by atoms with van der Waals surface area (Å²) in [6.07, 6.45) is 0.705. The Morgan fingerprint density at radius 3 is 2.83 bits per heavy atom. The van der Waals surface area contributed by atoms with E-state index < -0.39 is 10.0 Å². The topological polar surface area (TPSA) is 64.6 Å². The van der Waals surface area contributed by atoms with Gasteiger partial charge in [-0.25, -0.2) is 13.1 Å². The quantitative estimate of drug-likeness (QED) is 0.906. The highest BCUT2D eigenvalue weighted by Gasteiger charge is 2.23. The zero-order valence-electron chi connectivity index (χ0n) is 9.85. The highest BCUT2D eigenvalue weighted by atomic mass is 79.9. The summed E-state index contributed by atoms with van der Waals surface area (Å²) in [5.74, 6) is 0.596. The van der Waals surface area contributed by atoms with Crippen LogP contribution >= 0.6 is 15.9 Å². The number of benzene rings is 1. The maximum atomic E-state index is 12.1. The Morgan fingerprint density at radius 2 is 2.28 bits per heavy atom. The van der Waals surface area contributed by atoms with Crippen LogP contribution in [0, 0.1) is 0 Å². The molecule has 0 aromatic heterocycles. The summed E-state index contributed by atoms with van der Waals surface area (Å²) in [4.78, 5) is 0.210. The Balaban J connectivity index is 2.21. The Hall–Kier alpha value is -0.630. The van der Waals surface area contributed by atoms with E-state index in [-0.39, 0.29) is 10.9 Å². The molecule has 1 N–H and O–H groups in total. The van der Waals surface area contributed by atoms with E-state index in [2.05, 4.69) is 20.7 Å². The number of sulfonamides is 1. The number of rotatable bonds is 4. The first kappa shape index (κ1) is 13.8. The number of hydrogen-bond donors (Lipinski definition) is 1. The largest absolute Gasteiger partial charge is 0.496 e. The summed E-state index contributed by atoms with van der Waals surface area (Å²) in [5, 5.41) is 0. The molecule has 2 rings (SSSR count). The van der Waals surface area contributed by atoms with Crippen LogP contribution in [0.1, 0.15) is 6.42 Å². The normalized spacial score (nSPS) is 20.0. The maximum absolute atomic E-state index is 12.1. The predicted molar refractivity (Wildman–Crippen MR) is 70.2 cm³/mol. The van der Waals surface area contributed by atoms with Gasteiger partial charge < -0.3 is 9.47 Å². The van der Waals surface area contributed by atoms with Crippen molar-refractivity contribution in [2.24, 2.45) is 0 Å². The van der Waals surface area contributed by atoms with Crippen LogP contribution in [0.15, 0.2) is 27.6 Å². The van der Waals surface area contributed by atoms with Crippen LogP contribution in [0.4, 0.5) is 0 Å². The maximum Gasteiger partial charge on any atom is 0.240 e. The molecule has 100 valence electrons. The third kappa shape index (κ3) is 3.03. The molecule has 0 amide bonds. The lowest BCUT2D eigenvalue weighted by Crippen LogP contribution is -2.35. The van der Waals surface area contributed by atoms with E-state index in [0.717, 1.165) is 0 Å². The minimum atomic E-state index is -3.51. The predicted octanol–water partition coefficient (Wildman–Crippen LogP) is 1.52. The van der Waals surface area contributed by atoms with Gasteiger partial charge in [-0.15, -0.1) is 0 Å². The average Bonchev–Trinajstić information content (AvgIpc) is 2.81. The smallest absolute Gasteiger partial charge is 0.240 e. The molecule has 1 aliphatic rings. The second-order valence-corrected chi connectivity index (χ2v) is 6.55. The number of ether oxygens (including phenoxy) is 2. The molecule has 1 aromatic carbocycles. The van der Waals surface area contributed by atoms with Crippen LogP contribution in [-0.4, -0.2) is 34.8 Å². The molecule has 1 atom stereocenters. The Morgan fingerprint density at radius 1 is 1.50 bits per heavy atom. The van der Waals surface area contributed by atoms with Crippen molar-refractivity contribution in [3.05, 3.63) is 22.7 Å². The molecule has 1 aliphatic heterocycles. The molecule has 0 radical (unpaired) electrons. The number of halogens is 1. The van der Waals surface area contributed by atoms with E-state index in [1.807, 2.05) is 0 Å². The van der Waals surface area contributed by atoms with Crippen LogP contribution < -0.4 is 9.46 Å². The van der Waals surface area contributed by atoms with Gasteiger partial charge in [0.25, 0.3) is 0 Å². The highest BCUT2D eigenvalue weighted by molar-refractivity contribution is 9.10. The fourth-order valence-corrected chi connectivity index (χ4v) is 3.70. The van der Waals surface area contributed by atoms with Crippen LogP contribution in [0.2, 0.25) is 0 Å². The zero-order chi connectivity index (χ0) is 13.2. The van der Waals surface area contributed by atoms with Crippen molar-refractivity contribution in [1.82, 2.24) is 4.72 Å². The van der Waals surface area contributed by atoms with Crippen molar-refractivity contribution in [3.8, 4) is 5.75 Å². The summed E-state index contributed by atoms with van der Waals surface area (Å²) < 4.78 is 37.7. The van der Waals surface area contributed by atoms with Gasteiger partial charge in [0.2, 0.25) is 10.0 Å². The Kier molecular flexibility index (Phi) is 4.26. The van der Waals surface area contributed by atoms with Crippen LogP contribution in [0.3, 0.4) is 0 Å². The minimum Gasteiger partial charge on any atom is -0.496 e. The van der Waals surface area contributed by atoms with Gasteiger partial charge in [-0.3, -0.25) is 0 Å². The molecule has 1 fully saturated rings. The molecule has 0 saturated carbocycles. The van der Waals surface area contributed by atoms with E-state index in [1.54, 1.807) is 6.07 Å². The van der Waals surface area contributed by atoms with E-state index in [1.165, 1.54) is 19.2 Å². The summed E-state index contributed by atoms with van der Waals surface area (Å²) in [5.41, 5.74) is 0. The lowest BCUT2D eigenvalue weighted by molar-refractivity contribution is 0.192. The molecule has 1 heterocycles. The van der Waals surface area contributed by atoms with E-state index in [9.17, 15) is 8.42 Å². The molecule has 18 heavy (non-hydrogen) atoms. The first-order valence-corrected chi connectivity index (χ1v) is 7.74. The first-order chi connectivity index (χ1) is 8.53. The van der Waals surface area contributed by atoms with Gasteiger partial charge in [-0.2, -0.15) is 0 Å². The SMILES string of the molecule is COc1ccc(S(=O)(=O)NC2CCOC2)cc1Br. The molecule has 0 bridgehead atoms. The van der Waals surface area contributed by atoms with E-state index in [0.29, 0.717) is 29.9 Å². The van der Waals surface area contributed by atoms with Gasteiger partial charge in [0, 0.05) is 12.6 Å². The van der Waals surface area contributed by atoms with Crippen LogP contribution in [-0.2, 0) is 14.8 Å². The fraction of sp³-hybridized carbons (Fsp3) is 0.455. The molecular weight excluding hydrogens is 322 g/mol. The van der Waals surface area contributed by atoms with Crippen LogP contribution in [0.5, 0.6) is 5.75 Å². The summed E-state index contributed by atoms with van der Waals surface area (Å²) in [6, 6.07) is 4.51. The summed E-state index contributed by atoms with van der Waals surface area (Å²) in [7, 11) is -1.98. The standard InChI is InChI=1S/C11H14BrNO4S/c1-16-11-3-2-9(6-10(11)12)18(14,15)13-8-4-5-17-7-8/h2-3,6,8,13H,4-5,7H2,1H3. The lowest BCUT2D eigenvalue weighted by atomic mass is 10.3. The molecule has 0 spiro atoms. The van der Waals surface area contributed by atoms with E-state index >= 15 is 0 Å². The third-order valence-electron chi connectivity index (χ3n) is 2.69. The molecular formula is C11H14BrNO4S. The molecule has 1 aromatic rings. The van der Waals surface area contributed by atoms with Gasteiger partial charge in [-0.05, 0) is 40.5 Å². The second-order valence-electron chi connectivity index (χ2n) is 3.98. The van der Waals surface area contributed by atoms with Crippen molar-refractivity contribution in [1.29, 1.82) is 0 Å². The van der Waals surface area contributed by atoms with E-state index in [4.69, 9.17) is 9.47 Å². The van der Waals surface area contributed by atoms with Crippen molar-refractivity contribution < 1.29 is 17.9 Å². The van der Waals surface area contributed by atoms with Gasteiger partial charge in [0.15, 0.2) is 0 Å². The molecule has 7 heteroatoms. The van der Waals surface area contributed by atoms with Gasteiger partial charge in [0.05, 0.1) is 23.1 Å². The van der Waals surface area contributed by atoms with Crippen molar-refractivity contribution >= 4 is 26.0 Å². The Labute approximate surface area is 115 Å². The molecule has 1 saturated heterocycles. The average molecular weight is 336 g/mol. The first-order valence-electron chi connectivity index (χ1n) is 5.46. The summed E-state index contributed by atoms with van der Waals surface area (Å²) in [6.45, 7) is 1.02. The molecule has 0 aliphatic carbocycles. The summed E-state index contributed by atoms with van der Waals surface area (Å²) >= 11 is 3.27. The number of methoxy groups -OCH3 is 1. The van der Waals surface area contributed by atoms with Crippen molar-refractivity contribution in [2.45, 2.75) is 17.4 Å². The third-order valence-corrected chi connectivity index (χ3v) is 4.82. The highest BCUT2D eigenvalue weighted by Crippen LogP contribution is 2.27. The molecule has 1 unspecified atom stereocenters. The van der Waals surface area contributed by atoms with Gasteiger partial charge in [0.1, 0.15) is 5.75 Å². The monoisotopic (exact) mass is 335 g/mol. The Bertz CT molecular complexity index is 526. The van der Waals surface area contributed by atoms with Crippen molar-refractivity contribution in [3.63, 3.8) is 0 Å². The van der Waals surface area contributed by atoms with Gasteiger partial charge in [-0.1, -0.05) is 0 Å². The minimum absolute atomic E-state index is 0.143. The fourth-order valence-electron chi connectivity index (χ4n) is 1.73.